The van der Waals surface area contributed by atoms with Gasteiger partial charge in [-0.25, -0.2) is 0 Å². The van der Waals surface area contributed by atoms with E-state index in [0.29, 0.717) is 5.56 Å². The number of anilines is 1. The fourth-order valence-electron chi connectivity index (χ4n) is 1.35. The largest absolute Gasteiger partial charge is 0.397 e. The molecule has 0 bridgehead atoms. The van der Waals surface area contributed by atoms with Crippen LogP contribution in [0, 0.1) is 18.3 Å². The maximum Gasteiger partial charge on any atom is 0.0995 e. The van der Waals surface area contributed by atoms with E-state index >= 15 is 0 Å². The molecule has 1 heterocycles. The molecule has 2 N–H and O–H groups in total. The maximum atomic E-state index is 8.84. The Morgan fingerprint density at radius 1 is 1.54 bits per heavy atom. The van der Waals surface area contributed by atoms with E-state index in [1.54, 1.807) is 11.3 Å². The maximum absolute atomic E-state index is 8.84. The van der Waals surface area contributed by atoms with Crippen LogP contribution in [-0.4, -0.2) is 0 Å². The Hall–Kier alpha value is -1.53. The number of hydrogen-bond acceptors (Lipinski definition) is 3. The topological polar surface area (TPSA) is 49.8 Å². The van der Waals surface area contributed by atoms with Crippen LogP contribution in [0.3, 0.4) is 0 Å². The molecule has 0 aliphatic heterocycles. The summed E-state index contributed by atoms with van der Waals surface area (Å²) in [6.07, 6.45) is 0. The molecule has 13 heavy (non-hydrogen) atoms. The van der Waals surface area contributed by atoms with E-state index < -0.39 is 0 Å². The molecule has 0 aliphatic carbocycles. The summed E-state index contributed by atoms with van der Waals surface area (Å²) in [5.74, 6) is 0. The zero-order valence-corrected chi connectivity index (χ0v) is 7.98. The number of nitriles is 1. The quantitative estimate of drug-likeness (QED) is 0.646. The molecule has 0 aliphatic rings. The fourth-order valence-corrected chi connectivity index (χ4v) is 2.24. The van der Waals surface area contributed by atoms with Crippen LogP contribution in [0.2, 0.25) is 0 Å². The van der Waals surface area contributed by atoms with Crippen molar-refractivity contribution >= 4 is 27.1 Å². The summed E-state index contributed by atoms with van der Waals surface area (Å²) in [4.78, 5) is 0. The molecule has 1 aromatic heterocycles. The van der Waals surface area contributed by atoms with Crippen molar-refractivity contribution in [3.8, 4) is 6.07 Å². The summed E-state index contributed by atoms with van der Waals surface area (Å²) in [5.41, 5.74) is 8.19. The van der Waals surface area contributed by atoms with Gasteiger partial charge >= 0.3 is 0 Å². The van der Waals surface area contributed by atoms with Gasteiger partial charge in [0.05, 0.1) is 22.0 Å². The number of nitrogens with zero attached hydrogens (tertiary/aromatic N) is 1. The molecule has 64 valence electrons. The van der Waals surface area contributed by atoms with Crippen LogP contribution in [0.4, 0.5) is 5.69 Å². The van der Waals surface area contributed by atoms with E-state index in [-0.39, 0.29) is 0 Å². The second kappa shape index (κ2) is 2.75. The lowest BCUT2D eigenvalue weighted by Crippen LogP contribution is -1.92. The molecule has 2 rings (SSSR count). The standard InChI is InChI=1S/C10H8N2S/c1-6-8(5-11)4-7-2-3-13-10(7)9(6)12/h2-4H,12H2,1H3. The average Bonchev–Trinajstić information content (AvgIpc) is 2.59. The summed E-state index contributed by atoms with van der Waals surface area (Å²) in [6.45, 7) is 1.88. The van der Waals surface area contributed by atoms with Crippen molar-refractivity contribution in [1.82, 2.24) is 0 Å². The number of rotatable bonds is 0. The third kappa shape index (κ3) is 1.07. The lowest BCUT2D eigenvalue weighted by Gasteiger charge is -2.02. The molecule has 1 aromatic carbocycles. The van der Waals surface area contributed by atoms with Crippen LogP contribution < -0.4 is 5.73 Å². The molecule has 2 aromatic rings. The number of nitrogens with two attached hydrogens (primary N) is 1. The monoisotopic (exact) mass is 188 g/mol. The minimum Gasteiger partial charge on any atom is -0.397 e. The molecule has 0 unspecified atom stereocenters. The smallest absolute Gasteiger partial charge is 0.0995 e. The summed E-state index contributed by atoms with van der Waals surface area (Å²) in [7, 11) is 0. The Balaban J connectivity index is 2.94. The Morgan fingerprint density at radius 3 is 3.00 bits per heavy atom. The van der Waals surface area contributed by atoms with Gasteiger partial charge in [0.1, 0.15) is 0 Å². The van der Waals surface area contributed by atoms with Gasteiger partial charge in [-0.15, -0.1) is 11.3 Å². The number of thiophene rings is 1. The minimum atomic E-state index is 0.670. The van der Waals surface area contributed by atoms with Gasteiger partial charge < -0.3 is 5.73 Å². The van der Waals surface area contributed by atoms with Crippen LogP contribution in [-0.2, 0) is 0 Å². The lowest BCUT2D eigenvalue weighted by molar-refractivity contribution is 1.42. The molecular formula is C10H8N2S. The van der Waals surface area contributed by atoms with Gasteiger partial charge in [-0.3, -0.25) is 0 Å². The van der Waals surface area contributed by atoms with Gasteiger partial charge in [-0.1, -0.05) is 0 Å². The highest BCUT2D eigenvalue weighted by atomic mass is 32.1. The molecule has 0 saturated heterocycles. The number of hydrogen-bond donors (Lipinski definition) is 1. The number of nitrogen functional groups attached to an aromatic ring is 1. The molecule has 0 spiro atoms. The molecule has 0 saturated carbocycles. The summed E-state index contributed by atoms with van der Waals surface area (Å²) >= 11 is 1.61. The first-order valence-corrected chi connectivity index (χ1v) is 4.78. The predicted molar refractivity (Wildman–Crippen MR) is 55.7 cm³/mol. The number of benzene rings is 1. The first-order chi connectivity index (χ1) is 6.24. The first kappa shape index (κ1) is 8.09. The molecule has 0 atom stereocenters. The Kier molecular flexibility index (Phi) is 1.71. The Labute approximate surface area is 80.2 Å². The summed E-state index contributed by atoms with van der Waals surface area (Å²) < 4.78 is 1.08. The second-order valence-corrected chi connectivity index (χ2v) is 3.83. The minimum absolute atomic E-state index is 0.670. The summed E-state index contributed by atoms with van der Waals surface area (Å²) in [5, 5.41) is 11.9. The second-order valence-electron chi connectivity index (χ2n) is 2.91. The van der Waals surface area contributed by atoms with E-state index in [0.717, 1.165) is 21.3 Å². The predicted octanol–water partition coefficient (Wildman–Crippen LogP) is 2.66. The van der Waals surface area contributed by atoms with Crippen molar-refractivity contribution in [3.63, 3.8) is 0 Å². The van der Waals surface area contributed by atoms with E-state index in [1.165, 1.54) is 0 Å². The molecule has 2 nitrogen and oxygen atoms in total. The zero-order chi connectivity index (χ0) is 9.42. The summed E-state index contributed by atoms with van der Waals surface area (Å²) in [6, 6.07) is 6.01. The van der Waals surface area contributed by atoms with E-state index in [1.807, 2.05) is 24.4 Å². The third-order valence-corrected chi connectivity index (χ3v) is 3.13. The highest BCUT2D eigenvalue weighted by molar-refractivity contribution is 7.17. The highest BCUT2D eigenvalue weighted by Crippen LogP contribution is 2.31. The van der Waals surface area contributed by atoms with Crippen molar-refractivity contribution in [1.29, 1.82) is 5.26 Å². The molecule has 0 amide bonds. The van der Waals surface area contributed by atoms with Gasteiger partial charge in [0.15, 0.2) is 0 Å². The van der Waals surface area contributed by atoms with E-state index in [4.69, 9.17) is 11.0 Å². The molecule has 3 heteroatoms. The third-order valence-electron chi connectivity index (χ3n) is 2.17. The lowest BCUT2D eigenvalue weighted by atomic mass is 10.1. The van der Waals surface area contributed by atoms with Crippen molar-refractivity contribution in [3.05, 3.63) is 28.6 Å². The van der Waals surface area contributed by atoms with Crippen LogP contribution >= 0.6 is 11.3 Å². The van der Waals surface area contributed by atoms with Crippen molar-refractivity contribution in [2.45, 2.75) is 6.92 Å². The van der Waals surface area contributed by atoms with Crippen LogP contribution in [0.25, 0.3) is 10.1 Å². The Morgan fingerprint density at radius 2 is 2.31 bits per heavy atom. The van der Waals surface area contributed by atoms with Gasteiger partial charge in [-0.2, -0.15) is 5.26 Å². The van der Waals surface area contributed by atoms with E-state index in [9.17, 15) is 0 Å². The Bertz CT molecular complexity index is 505. The molecule has 0 fully saturated rings. The van der Waals surface area contributed by atoms with Crippen LogP contribution in [0.1, 0.15) is 11.1 Å². The first-order valence-electron chi connectivity index (χ1n) is 3.90. The van der Waals surface area contributed by atoms with Crippen LogP contribution in [0.5, 0.6) is 0 Å². The normalized spacial score (nSPS) is 10.2. The highest BCUT2D eigenvalue weighted by Gasteiger charge is 2.07. The fraction of sp³-hybridized carbons (Fsp3) is 0.100. The average molecular weight is 188 g/mol. The molecular weight excluding hydrogens is 180 g/mol. The van der Waals surface area contributed by atoms with Gasteiger partial charge in [0.2, 0.25) is 0 Å². The van der Waals surface area contributed by atoms with E-state index in [2.05, 4.69) is 6.07 Å². The van der Waals surface area contributed by atoms with Gasteiger partial charge in [0.25, 0.3) is 0 Å². The van der Waals surface area contributed by atoms with Gasteiger partial charge in [0, 0.05) is 0 Å². The van der Waals surface area contributed by atoms with Crippen LogP contribution in [0.15, 0.2) is 17.5 Å². The van der Waals surface area contributed by atoms with Crippen molar-refractivity contribution < 1.29 is 0 Å². The van der Waals surface area contributed by atoms with Crippen molar-refractivity contribution in [2.24, 2.45) is 0 Å². The van der Waals surface area contributed by atoms with Gasteiger partial charge in [-0.05, 0) is 35.4 Å². The number of fused-ring (bicyclic) bond motifs is 1. The SMILES string of the molecule is Cc1c(C#N)cc2ccsc2c1N. The van der Waals surface area contributed by atoms with Crippen molar-refractivity contribution in [2.75, 3.05) is 5.73 Å². The molecule has 0 radical (unpaired) electrons. The zero-order valence-electron chi connectivity index (χ0n) is 7.16.